The second-order valence-electron chi connectivity index (χ2n) is 3.93. The molecular formula is C12H9ClN4O3. The van der Waals surface area contributed by atoms with E-state index < -0.39 is 4.92 Å². The van der Waals surface area contributed by atoms with Gasteiger partial charge in [0.2, 0.25) is 0 Å². The van der Waals surface area contributed by atoms with Crippen molar-refractivity contribution in [2.45, 2.75) is 6.92 Å². The molecule has 0 fully saturated rings. The molecule has 7 nitrogen and oxygen atoms in total. The topological polar surface area (TPSA) is 101 Å². The molecule has 0 aliphatic rings. The standard InChI is InChI=1S/C12H9ClN4O3/c1-7-2-3-8(9(6-7)17(19)20)15-16-11-5-4-10(18)12(13)14-11/h2-6,18H,1H3. The van der Waals surface area contributed by atoms with Crippen LogP contribution in [0.3, 0.4) is 0 Å². The van der Waals surface area contributed by atoms with Gasteiger partial charge in [-0.15, -0.1) is 10.2 Å². The highest BCUT2D eigenvalue weighted by Gasteiger charge is 2.13. The van der Waals surface area contributed by atoms with Gasteiger partial charge in [0.05, 0.1) is 4.92 Å². The van der Waals surface area contributed by atoms with Crippen LogP contribution in [0.25, 0.3) is 0 Å². The number of halogens is 1. The zero-order chi connectivity index (χ0) is 14.7. The molecule has 0 saturated heterocycles. The zero-order valence-electron chi connectivity index (χ0n) is 10.3. The lowest BCUT2D eigenvalue weighted by Gasteiger charge is -1.98. The molecule has 0 unspecified atom stereocenters. The number of aryl methyl sites for hydroxylation is 1. The van der Waals surface area contributed by atoms with E-state index in [-0.39, 0.29) is 28.1 Å². The Kier molecular flexibility index (Phi) is 3.90. The normalized spacial score (nSPS) is 10.9. The molecule has 20 heavy (non-hydrogen) atoms. The number of aromatic hydroxyl groups is 1. The van der Waals surface area contributed by atoms with Crippen LogP contribution in [0.4, 0.5) is 17.2 Å². The molecule has 2 aromatic rings. The highest BCUT2D eigenvalue weighted by Crippen LogP contribution is 2.30. The molecule has 0 saturated carbocycles. The molecule has 8 heteroatoms. The monoisotopic (exact) mass is 292 g/mol. The van der Waals surface area contributed by atoms with Gasteiger partial charge in [0.25, 0.3) is 5.69 Å². The number of nitrogens with zero attached hydrogens (tertiary/aromatic N) is 4. The van der Waals surface area contributed by atoms with Crippen LogP contribution >= 0.6 is 11.6 Å². The number of hydrogen-bond donors (Lipinski definition) is 1. The van der Waals surface area contributed by atoms with Gasteiger partial charge < -0.3 is 5.11 Å². The second kappa shape index (κ2) is 5.62. The van der Waals surface area contributed by atoms with Gasteiger partial charge in [-0.05, 0) is 30.7 Å². The summed E-state index contributed by atoms with van der Waals surface area (Å²) in [6, 6.07) is 7.31. The predicted octanol–water partition coefficient (Wildman–Crippen LogP) is 4.07. The van der Waals surface area contributed by atoms with Crippen LogP contribution in [-0.2, 0) is 0 Å². The molecule has 0 spiro atoms. The molecule has 102 valence electrons. The molecule has 2 rings (SSSR count). The van der Waals surface area contributed by atoms with E-state index in [9.17, 15) is 15.2 Å². The number of rotatable bonds is 3. The minimum absolute atomic E-state index is 0.111. The van der Waals surface area contributed by atoms with Crippen molar-refractivity contribution in [3.05, 3.63) is 51.2 Å². The smallest absolute Gasteiger partial charge is 0.296 e. The first-order chi connectivity index (χ1) is 9.47. The van der Waals surface area contributed by atoms with Crippen LogP contribution in [0.15, 0.2) is 40.6 Å². The van der Waals surface area contributed by atoms with E-state index in [1.807, 2.05) is 0 Å². The van der Waals surface area contributed by atoms with Gasteiger partial charge in [0.15, 0.2) is 22.4 Å². The van der Waals surface area contributed by atoms with Crippen molar-refractivity contribution in [1.29, 1.82) is 0 Å². The van der Waals surface area contributed by atoms with E-state index in [1.165, 1.54) is 24.3 Å². The zero-order valence-corrected chi connectivity index (χ0v) is 11.1. The molecule has 0 aliphatic heterocycles. The van der Waals surface area contributed by atoms with Gasteiger partial charge in [0.1, 0.15) is 0 Å². The minimum atomic E-state index is -0.529. The third-order valence-electron chi connectivity index (χ3n) is 2.40. The lowest BCUT2D eigenvalue weighted by molar-refractivity contribution is -0.384. The fourth-order valence-corrected chi connectivity index (χ4v) is 1.59. The van der Waals surface area contributed by atoms with Crippen LogP contribution in [0.2, 0.25) is 5.15 Å². The van der Waals surface area contributed by atoms with E-state index in [2.05, 4.69) is 15.2 Å². The summed E-state index contributed by atoms with van der Waals surface area (Å²) >= 11 is 5.63. The van der Waals surface area contributed by atoms with Crippen molar-refractivity contribution in [1.82, 2.24) is 4.98 Å². The first kappa shape index (κ1) is 13.9. The van der Waals surface area contributed by atoms with Crippen molar-refractivity contribution < 1.29 is 10.0 Å². The van der Waals surface area contributed by atoms with Crippen molar-refractivity contribution in [2.75, 3.05) is 0 Å². The van der Waals surface area contributed by atoms with Crippen LogP contribution in [0, 0.1) is 17.0 Å². The third kappa shape index (κ3) is 3.07. The fraction of sp³-hybridized carbons (Fsp3) is 0.0833. The first-order valence-electron chi connectivity index (χ1n) is 5.49. The number of hydrogen-bond acceptors (Lipinski definition) is 6. The SMILES string of the molecule is Cc1ccc(N=Nc2ccc(O)c(Cl)n2)c([N+](=O)[O-])c1. The van der Waals surface area contributed by atoms with Crippen LogP contribution in [0.1, 0.15) is 5.56 Å². The van der Waals surface area contributed by atoms with Crippen molar-refractivity contribution in [2.24, 2.45) is 10.2 Å². The number of benzene rings is 1. The predicted molar refractivity (Wildman–Crippen MR) is 72.9 cm³/mol. The quantitative estimate of drug-likeness (QED) is 0.398. The number of pyridine rings is 1. The minimum Gasteiger partial charge on any atom is -0.505 e. The van der Waals surface area contributed by atoms with Gasteiger partial charge in [-0.3, -0.25) is 10.1 Å². The third-order valence-corrected chi connectivity index (χ3v) is 2.68. The summed E-state index contributed by atoms with van der Waals surface area (Å²) in [7, 11) is 0. The fourth-order valence-electron chi connectivity index (χ4n) is 1.44. The summed E-state index contributed by atoms with van der Waals surface area (Å²) in [5.74, 6) is -0.0328. The van der Waals surface area contributed by atoms with Gasteiger partial charge in [-0.1, -0.05) is 17.7 Å². The largest absolute Gasteiger partial charge is 0.505 e. The molecule has 1 N–H and O–H groups in total. The lowest BCUT2D eigenvalue weighted by atomic mass is 10.2. The molecule has 0 amide bonds. The maximum atomic E-state index is 10.9. The highest BCUT2D eigenvalue weighted by atomic mass is 35.5. The Bertz CT molecular complexity index is 703. The van der Waals surface area contributed by atoms with E-state index in [0.717, 1.165) is 5.56 Å². The summed E-state index contributed by atoms with van der Waals surface area (Å²) < 4.78 is 0. The maximum absolute atomic E-state index is 10.9. The summed E-state index contributed by atoms with van der Waals surface area (Å²) in [6.45, 7) is 1.75. The van der Waals surface area contributed by atoms with E-state index in [4.69, 9.17) is 11.6 Å². The van der Waals surface area contributed by atoms with Crippen molar-refractivity contribution in [3.8, 4) is 5.75 Å². The second-order valence-corrected chi connectivity index (χ2v) is 4.29. The number of azo groups is 1. The maximum Gasteiger partial charge on any atom is 0.296 e. The van der Waals surface area contributed by atoms with Gasteiger partial charge in [-0.2, -0.15) is 0 Å². The molecule has 0 atom stereocenters. The average molecular weight is 293 g/mol. The Hall–Kier alpha value is -2.54. The van der Waals surface area contributed by atoms with Gasteiger partial charge >= 0.3 is 0 Å². The Morgan fingerprint density at radius 1 is 1.30 bits per heavy atom. The van der Waals surface area contributed by atoms with Crippen molar-refractivity contribution >= 4 is 28.8 Å². The van der Waals surface area contributed by atoms with Gasteiger partial charge in [0, 0.05) is 6.07 Å². The summed E-state index contributed by atoms with van der Waals surface area (Å²) in [5, 5.41) is 27.6. The number of nitro groups is 1. The molecule has 0 radical (unpaired) electrons. The molecule has 0 bridgehead atoms. The number of aromatic nitrogens is 1. The van der Waals surface area contributed by atoms with Crippen LogP contribution < -0.4 is 0 Å². The highest BCUT2D eigenvalue weighted by molar-refractivity contribution is 6.30. The Morgan fingerprint density at radius 3 is 2.70 bits per heavy atom. The molecule has 1 aromatic heterocycles. The molecular weight excluding hydrogens is 284 g/mol. The summed E-state index contributed by atoms with van der Waals surface area (Å²) in [6.07, 6.45) is 0. The molecule has 0 aliphatic carbocycles. The Balaban J connectivity index is 2.36. The van der Waals surface area contributed by atoms with Crippen LogP contribution in [0.5, 0.6) is 5.75 Å². The van der Waals surface area contributed by atoms with E-state index >= 15 is 0 Å². The first-order valence-corrected chi connectivity index (χ1v) is 5.87. The average Bonchev–Trinajstić information content (AvgIpc) is 2.41. The summed E-state index contributed by atoms with van der Waals surface area (Å²) in [5.41, 5.74) is 0.728. The lowest BCUT2D eigenvalue weighted by Crippen LogP contribution is -1.88. The Labute approximate surface area is 118 Å². The summed E-state index contributed by atoms with van der Waals surface area (Å²) in [4.78, 5) is 14.2. The molecule has 1 heterocycles. The van der Waals surface area contributed by atoms with Crippen LogP contribution in [-0.4, -0.2) is 15.0 Å². The number of nitro benzene ring substituents is 1. The van der Waals surface area contributed by atoms with E-state index in [0.29, 0.717) is 0 Å². The Morgan fingerprint density at radius 2 is 2.05 bits per heavy atom. The molecule has 1 aromatic carbocycles. The van der Waals surface area contributed by atoms with Gasteiger partial charge in [-0.25, -0.2) is 4.98 Å². The van der Waals surface area contributed by atoms with Crippen molar-refractivity contribution in [3.63, 3.8) is 0 Å². The van der Waals surface area contributed by atoms with E-state index in [1.54, 1.807) is 13.0 Å².